The Balaban J connectivity index is 2.48. The molecule has 1 aromatic carbocycles. The lowest BCUT2D eigenvalue weighted by Crippen LogP contribution is -2.16. The maximum absolute atomic E-state index is 6.22. The smallest absolute Gasteiger partial charge is 0.237 e. The van der Waals surface area contributed by atoms with Crippen molar-refractivity contribution in [3.05, 3.63) is 51.3 Å². The van der Waals surface area contributed by atoms with E-state index in [0.717, 1.165) is 10.0 Å². The van der Waals surface area contributed by atoms with Crippen LogP contribution in [0.5, 0.6) is 5.88 Å². The van der Waals surface area contributed by atoms with Crippen molar-refractivity contribution < 1.29 is 4.74 Å². The zero-order chi connectivity index (χ0) is 13.1. The zero-order valence-electron chi connectivity index (χ0n) is 9.60. The SMILES string of the molecule is COc1nccnc1C(N)c1cccc(Br)c1Cl. The second-order valence-electron chi connectivity index (χ2n) is 3.57. The molecule has 4 nitrogen and oxygen atoms in total. The number of benzene rings is 1. The molecule has 0 radical (unpaired) electrons. The van der Waals surface area contributed by atoms with Crippen molar-refractivity contribution in [3.63, 3.8) is 0 Å². The average Bonchev–Trinajstić information content (AvgIpc) is 2.41. The molecule has 0 bridgehead atoms. The van der Waals surface area contributed by atoms with Crippen LogP contribution in [-0.2, 0) is 0 Å². The van der Waals surface area contributed by atoms with Crippen molar-refractivity contribution >= 4 is 27.5 Å². The Morgan fingerprint density at radius 2 is 2.06 bits per heavy atom. The highest BCUT2D eigenvalue weighted by molar-refractivity contribution is 9.10. The van der Waals surface area contributed by atoms with Gasteiger partial charge in [-0.3, -0.25) is 4.98 Å². The molecule has 0 saturated heterocycles. The summed E-state index contributed by atoms with van der Waals surface area (Å²) < 4.78 is 5.94. The van der Waals surface area contributed by atoms with Gasteiger partial charge in [-0.15, -0.1) is 0 Å². The topological polar surface area (TPSA) is 61.0 Å². The fourth-order valence-electron chi connectivity index (χ4n) is 1.61. The van der Waals surface area contributed by atoms with E-state index in [4.69, 9.17) is 22.1 Å². The van der Waals surface area contributed by atoms with Gasteiger partial charge in [0.25, 0.3) is 0 Å². The lowest BCUT2D eigenvalue weighted by Gasteiger charge is -2.15. The Bertz CT molecular complexity index is 565. The minimum Gasteiger partial charge on any atom is -0.480 e. The number of nitrogens with zero attached hydrogens (tertiary/aromatic N) is 2. The summed E-state index contributed by atoms with van der Waals surface area (Å²) in [5.41, 5.74) is 7.50. The Morgan fingerprint density at radius 3 is 2.78 bits per heavy atom. The predicted molar refractivity (Wildman–Crippen MR) is 73.8 cm³/mol. The van der Waals surface area contributed by atoms with E-state index >= 15 is 0 Å². The van der Waals surface area contributed by atoms with Crippen molar-refractivity contribution in [1.29, 1.82) is 0 Å². The maximum atomic E-state index is 6.22. The summed E-state index contributed by atoms with van der Waals surface area (Å²) in [7, 11) is 1.53. The first-order chi connectivity index (χ1) is 8.65. The highest BCUT2D eigenvalue weighted by Crippen LogP contribution is 2.33. The Hall–Kier alpha value is -1.17. The molecular formula is C12H11BrClN3O. The first kappa shape index (κ1) is 13.3. The lowest BCUT2D eigenvalue weighted by atomic mass is 10.0. The van der Waals surface area contributed by atoms with Crippen LogP contribution in [0.3, 0.4) is 0 Å². The van der Waals surface area contributed by atoms with Crippen LogP contribution in [0.1, 0.15) is 17.3 Å². The third-order valence-electron chi connectivity index (χ3n) is 2.50. The number of hydrogen-bond acceptors (Lipinski definition) is 4. The molecule has 2 aromatic rings. The van der Waals surface area contributed by atoms with Gasteiger partial charge in [0.1, 0.15) is 5.69 Å². The first-order valence-corrected chi connectivity index (χ1v) is 6.36. The van der Waals surface area contributed by atoms with Crippen molar-refractivity contribution in [1.82, 2.24) is 9.97 Å². The number of rotatable bonds is 3. The lowest BCUT2D eigenvalue weighted by molar-refractivity contribution is 0.387. The molecule has 2 rings (SSSR count). The molecule has 0 aliphatic carbocycles. The second kappa shape index (κ2) is 5.65. The summed E-state index contributed by atoms with van der Waals surface area (Å²) in [6.07, 6.45) is 3.13. The summed E-state index contributed by atoms with van der Waals surface area (Å²) in [6.45, 7) is 0. The molecular weight excluding hydrogens is 318 g/mol. The maximum Gasteiger partial charge on any atom is 0.237 e. The van der Waals surface area contributed by atoms with Gasteiger partial charge in [-0.1, -0.05) is 23.7 Å². The van der Waals surface area contributed by atoms with Gasteiger partial charge in [-0.25, -0.2) is 4.98 Å². The second-order valence-corrected chi connectivity index (χ2v) is 4.80. The number of halogens is 2. The summed E-state index contributed by atoms with van der Waals surface area (Å²) in [4.78, 5) is 8.29. The minimum atomic E-state index is -0.487. The molecule has 6 heteroatoms. The normalized spacial score (nSPS) is 12.2. The van der Waals surface area contributed by atoms with E-state index in [1.807, 2.05) is 18.2 Å². The van der Waals surface area contributed by atoms with Crippen LogP contribution in [-0.4, -0.2) is 17.1 Å². The molecule has 0 amide bonds. The monoisotopic (exact) mass is 327 g/mol. The van der Waals surface area contributed by atoms with Crippen LogP contribution in [0.25, 0.3) is 0 Å². The predicted octanol–water partition coefficient (Wildman–Crippen LogP) is 2.95. The van der Waals surface area contributed by atoms with E-state index < -0.39 is 6.04 Å². The summed E-state index contributed by atoms with van der Waals surface area (Å²) in [5, 5.41) is 0.567. The van der Waals surface area contributed by atoms with Crippen molar-refractivity contribution in [2.24, 2.45) is 5.73 Å². The van der Waals surface area contributed by atoms with Crippen LogP contribution in [0.4, 0.5) is 0 Å². The van der Waals surface area contributed by atoms with Gasteiger partial charge in [0.15, 0.2) is 0 Å². The van der Waals surface area contributed by atoms with E-state index in [0.29, 0.717) is 16.6 Å². The van der Waals surface area contributed by atoms with Gasteiger partial charge >= 0.3 is 0 Å². The molecule has 0 fully saturated rings. The Kier molecular flexibility index (Phi) is 4.16. The molecule has 0 saturated carbocycles. The van der Waals surface area contributed by atoms with Crippen LogP contribution in [0.15, 0.2) is 35.1 Å². The fraction of sp³-hybridized carbons (Fsp3) is 0.167. The fourth-order valence-corrected chi connectivity index (χ4v) is 2.24. The number of hydrogen-bond donors (Lipinski definition) is 1. The number of aromatic nitrogens is 2. The summed E-state index contributed by atoms with van der Waals surface area (Å²) >= 11 is 9.59. The highest BCUT2D eigenvalue weighted by atomic mass is 79.9. The molecule has 0 aliphatic heterocycles. The standard InChI is InChI=1S/C12H11BrClN3O/c1-18-12-11(16-5-6-17-12)10(15)7-3-2-4-8(13)9(7)14/h2-6,10H,15H2,1H3. The molecule has 1 aromatic heterocycles. The van der Waals surface area contributed by atoms with Crippen LogP contribution in [0.2, 0.25) is 5.02 Å². The Labute approximate surface area is 118 Å². The van der Waals surface area contributed by atoms with E-state index in [2.05, 4.69) is 25.9 Å². The zero-order valence-corrected chi connectivity index (χ0v) is 11.9. The largest absolute Gasteiger partial charge is 0.480 e. The minimum absolute atomic E-state index is 0.404. The third-order valence-corrected chi connectivity index (χ3v) is 3.81. The van der Waals surface area contributed by atoms with Gasteiger partial charge in [0.2, 0.25) is 5.88 Å². The van der Waals surface area contributed by atoms with Gasteiger partial charge in [-0.05, 0) is 27.6 Å². The first-order valence-electron chi connectivity index (χ1n) is 5.19. The molecule has 18 heavy (non-hydrogen) atoms. The molecule has 94 valence electrons. The average molecular weight is 329 g/mol. The van der Waals surface area contributed by atoms with E-state index in [9.17, 15) is 0 Å². The molecule has 0 spiro atoms. The van der Waals surface area contributed by atoms with Crippen molar-refractivity contribution in [3.8, 4) is 5.88 Å². The van der Waals surface area contributed by atoms with Gasteiger partial charge in [-0.2, -0.15) is 0 Å². The van der Waals surface area contributed by atoms with Gasteiger partial charge in [0, 0.05) is 16.9 Å². The molecule has 1 unspecified atom stereocenters. The highest BCUT2D eigenvalue weighted by Gasteiger charge is 2.19. The van der Waals surface area contributed by atoms with Crippen LogP contribution in [0, 0.1) is 0 Å². The van der Waals surface area contributed by atoms with E-state index in [-0.39, 0.29) is 0 Å². The quantitative estimate of drug-likeness (QED) is 0.941. The summed E-state index contributed by atoms with van der Waals surface area (Å²) in [5.74, 6) is 0.404. The molecule has 2 N–H and O–H groups in total. The number of methoxy groups -OCH3 is 1. The van der Waals surface area contributed by atoms with Crippen molar-refractivity contribution in [2.45, 2.75) is 6.04 Å². The van der Waals surface area contributed by atoms with E-state index in [1.165, 1.54) is 7.11 Å². The molecule has 1 atom stereocenters. The molecule has 0 aliphatic rings. The van der Waals surface area contributed by atoms with Crippen LogP contribution < -0.4 is 10.5 Å². The summed E-state index contributed by atoms with van der Waals surface area (Å²) in [6, 6.07) is 5.09. The van der Waals surface area contributed by atoms with Gasteiger partial charge < -0.3 is 10.5 Å². The van der Waals surface area contributed by atoms with Crippen molar-refractivity contribution in [2.75, 3.05) is 7.11 Å². The number of ether oxygens (including phenoxy) is 1. The third kappa shape index (κ3) is 2.48. The van der Waals surface area contributed by atoms with Gasteiger partial charge in [0.05, 0.1) is 18.2 Å². The van der Waals surface area contributed by atoms with E-state index in [1.54, 1.807) is 12.4 Å². The number of nitrogens with two attached hydrogens (primary N) is 1. The molecule has 1 heterocycles. The Morgan fingerprint density at radius 1 is 1.33 bits per heavy atom. The van der Waals surface area contributed by atoms with Crippen LogP contribution >= 0.6 is 27.5 Å².